The number of primary amides is 1. The largest absolute Gasteiger partial charge is 0.366 e. The standard InChI is InChI=1S/C14H16N2O/c15-14(17)13-7-3-5-12(11-13)6-4-10-16-8-1-2-9-16/h3,5,7,11H,1-2,8-10H2,(H2,15,17). The number of nitrogens with two attached hydrogens (primary N) is 1. The first-order chi connectivity index (χ1) is 8.25. The zero-order chi connectivity index (χ0) is 12.1. The highest BCUT2D eigenvalue weighted by molar-refractivity contribution is 5.93. The van der Waals surface area contributed by atoms with Gasteiger partial charge in [-0.2, -0.15) is 0 Å². The van der Waals surface area contributed by atoms with Crippen molar-refractivity contribution in [3.8, 4) is 11.8 Å². The molecule has 1 aliphatic heterocycles. The molecule has 1 aromatic carbocycles. The number of amides is 1. The van der Waals surface area contributed by atoms with Gasteiger partial charge in [0, 0.05) is 11.1 Å². The van der Waals surface area contributed by atoms with Gasteiger partial charge >= 0.3 is 0 Å². The van der Waals surface area contributed by atoms with Crippen LogP contribution in [0.15, 0.2) is 24.3 Å². The molecule has 1 fully saturated rings. The zero-order valence-corrected chi connectivity index (χ0v) is 9.78. The van der Waals surface area contributed by atoms with Gasteiger partial charge in [-0.15, -0.1) is 0 Å². The molecule has 0 aliphatic carbocycles. The van der Waals surface area contributed by atoms with Gasteiger partial charge in [0.1, 0.15) is 0 Å². The van der Waals surface area contributed by atoms with Crippen LogP contribution in [0.25, 0.3) is 0 Å². The van der Waals surface area contributed by atoms with Gasteiger partial charge in [-0.25, -0.2) is 0 Å². The number of rotatable bonds is 2. The molecule has 3 nitrogen and oxygen atoms in total. The van der Waals surface area contributed by atoms with E-state index in [-0.39, 0.29) is 0 Å². The minimum absolute atomic E-state index is 0.409. The highest BCUT2D eigenvalue weighted by atomic mass is 16.1. The third kappa shape index (κ3) is 3.33. The normalized spacial score (nSPS) is 15.3. The van der Waals surface area contributed by atoms with Crippen molar-refractivity contribution in [3.63, 3.8) is 0 Å². The molecule has 2 N–H and O–H groups in total. The van der Waals surface area contributed by atoms with Crippen molar-refractivity contribution in [2.45, 2.75) is 12.8 Å². The molecule has 0 radical (unpaired) electrons. The monoisotopic (exact) mass is 228 g/mol. The van der Waals surface area contributed by atoms with Gasteiger partial charge in [-0.05, 0) is 44.1 Å². The van der Waals surface area contributed by atoms with E-state index in [9.17, 15) is 4.79 Å². The predicted octanol–water partition coefficient (Wildman–Crippen LogP) is 1.23. The molecule has 0 unspecified atom stereocenters. The lowest BCUT2D eigenvalue weighted by Crippen LogP contribution is -2.18. The van der Waals surface area contributed by atoms with Crippen LogP contribution in [0.4, 0.5) is 0 Å². The van der Waals surface area contributed by atoms with Crippen LogP contribution in [0, 0.1) is 11.8 Å². The highest BCUT2D eigenvalue weighted by Crippen LogP contribution is 2.06. The van der Waals surface area contributed by atoms with E-state index < -0.39 is 5.91 Å². The van der Waals surface area contributed by atoms with Crippen LogP contribution in [0.2, 0.25) is 0 Å². The van der Waals surface area contributed by atoms with Crippen LogP contribution in [0.3, 0.4) is 0 Å². The average Bonchev–Trinajstić information content (AvgIpc) is 2.82. The van der Waals surface area contributed by atoms with Crippen molar-refractivity contribution in [2.75, 3.05) is 19.6 Å². The molecule has 0 spiro atoms. The molecule has 17 heavy (non-hydrogen) atoms. The molecule has 1 saturated heterocycles. The summed E-state index contributed by atoms with van der Waals surface area (Å²) in [7, 11) is 0. The van der Waals surface area contributed by atoms with Gasteiger partial charge < -0.3 is 5.73 Å². The summed E-state index contributed by atoms with van der Waals surface area (Å²) >= 11 is 0. The molecule has 3 heteroatoms. The Morgan fingerprint density at radius 2 is 2.12 bits per heavy atom. The van der Waals surface area contributed by atoms with E-state index in [2.05, 4.69) is 16.7 Å². The second kappa shape index (κ2) is 5.51. The quantitative estimate of drug-likeness (QED) is 0.774. The summed E-state index contributed by atoms with van der Waals surface area (Å²) in [6.07, 6.45) is 2.55. The number of hydrogen-bond donors (Lipinski definition) is 1. The Labute approximate surface area is 102 Å². The highest BCUT2D eigenvalue weighted by Gasteiger charge is 2.08. The van der Waals surface area contributed by atoms with Gasteiger partial charge in [0.15, 0.2) is 0 Å². The van der Waals surface area contributed by atoms with Crippen LogP contribution < -0.4 is 5.73 Å². The molecular formula is C14H16N2O. The van der Waals surface area contributed by atoms with Gasteiger partial charge in [0.25, 0.3) is 0 Å². The predicted molar refractivity (Wildman–Crippen MR) is 67.5 cm³/mol. The smallest absolute Gasteiger partial charge is 0.248 e. The Hall–Kier alpha value is -1.79. The maximum absolute atomic E-state index is 11.0. The SMILES string of the molecule is NC(=O)c1cccc(C#CCN2CCCC2)c1. The Kier molecular flexibility index (Phi) is 3.79. The molecule has 1 aromatic rings. The molecule has 0 bridgehead atoms. The van der Waals surface area contributed by atoms with E-state index in [0.29, 0.717) is 5.56 Å². The van der Waals surface area contributed by atoms with E-state index >= 15 is 0 Å². The summed E-state index contributed by atoms with van der Waals surface area (Å²) in [6, 6.07) is 7.14. The molecule has 0 saturated carbocycles. The third-order valence-electron chi connectivity index (χ3n) is 2.88. The summed E-state index contributed by atoms with van der Waals surface area (Å²) < 4.78 is 0. The van der Waals surface area contributed by atoms with Crippen molar-refractivity contribution in [1.29, 1.82) is 0 Å². The third-order valence-corrected chi connectivity index (χ3v) is 2.88. The van der Waals surface area contributed by atoms with Crippen LogP contribution in [-0.4, -0.2) is 30.4 Å². The second-order valence-corrected chi connectivity index (χ2v) is 4.23. The van der Waals surface area contributed by atoms with Crippen LogP contribution >= 0.6 is 0 Å². The van der Waals surface area contributed by atoms with Crippen molar-refractivity contribution < 1.29 is 4.79 Å². The fraction of sp³-hybridized carbons (Fsp3) is 0.357. The van der Waals surface area contributed by atoms with E-state index in [0.717, 1.165) is 25.2 Å². The molecule has 1 heterocycles. The lowest BCUT2D eigenvalue weighted by molar-refractivity contribution is 0.100. The fourth-order valence-corrected chi connectivity index (χ4v) is 1.94. The number of carbonyl (C=O) groups excluding carboxylic acids is 1. The summed E-state index contributed by atoms with van der Waals surface area (Å²) in [4.78, 5) is 13.3. The van der Waals surface area contributed by atoms with Gasteiger partial charge in [-0.1, -0.05) is 17.9 Å². The summed E-state index contributed by atoms with van der Waals surface area (Å²) in [5.41, 5.74) is 6.58. The van der Waals surface area contributed by atoms with Crippen molar-refractivity contribution in [3.05, 3.63) is 35.4 Å². The Morgan fingerprint density at radius 1 is 1.35 bits per heavy atom. The molecule has 1 aliphatic rings. The number of carbonyl (C=O) groups is 1. The van der Waals surface area contributed by atoms with Crippen LogP contribution in [-0.2, 0) is 0 Å². The summed E-state index contributed by atoms with van der Waals surface area (Å²) in [6.45, 7) is 3.10. The Bertz CT molecular complexity index is 465. The molecular weight excluding hydrogens is 212 g/mol. The molecule has 2 rings (SSSR count). The van der Waals surface area contributed by atoms with Crippen molar-refractivity contribution >= 4 is 5.91 Å². The maximum atomic E-state index is 11.0. The van der Waals surface area contributed by atoms with E-state index in [1.54, 1.807) is 18.2 Å². The number of hydrogen-bond acceptors (Lipinski definition) is 2. The van der Waals surface area contributed by atoms with Gasteiger partial charge in [0.05, 0.1) is 6.54 Å². The van der Waals surface area contributed by atoms with Crippen molar-refractivity contribution in [1.82, 2.24) is 4.90 Å². The minimum atomic E-state index is -0.409. The second-order valence-electron chi connectivity index (χ2n) is 4.23. The van der Waals surface area contributed by atoms with Gasteiger partial charge in [-0.3, -0.25) is 9.69 Å². The minimum Gasteiger partial charge on any atom is -0.366 e. The number of likely N-dealkylation sites (tertiary alicyclic amines) is 1. The first-order valence-electron chi connectivity index (χ1n) is 5.87. The summed E-state index contributed by atoms with van der Waals surface area (Å²) in [5, 5.41) is 0. The molecule has 88 valence electrons. The average molecular weight is 228 g/mol. The lowest BCUT2D eigenvalue weighted by atomic mass is 10.1. The topological polar surface area (TPSA) is 46.3 Å². The first kappa shape index (κ1) is 11.7. The van der Waals surface area contributed by atoms with E-state index in [1.807, 2.05) is 6.07 Å². The first-order valence-corrected chi connectivity index (χ1v) is 5.87. The maximum Gasteiger partial charge on any atom is 0.248 e. The zero-order valence-electron chi connectivity index (χ0n) is 9.78. The van der Waals surface area contributed by atoms with Crippen LogP contribution in [0.1, 0.15) is 28.8 Å². The van der Waals surface area contributed by atoms with Crippen molar-refractivity contribution in [2.24, 2.45) is 5.73 Å². The summed E-state index contributed by atoms with van der Waals surface area (Å²) in [5.74, 6) is 5.79. The lowest BCUT2D eigenvalue weighted by Gasteiger charge is -2.08. The van der Waals surface area contributed by atoms with Crippen LogP contribution in [0.5, 0.6) is 0 Å². The molecule has 1 amide bonds. The number of nitrogens with zero attached hydrogens (tertiary/aromatic N) is 1. The molecule has 0 atom stereocenters. The van der Waals surface area contributed by atoms with E-state index in [4.69, 9.17) is 5.73 Å². The Morgan fingerprint density at radius 3 is 2.82 bits per heavy atom. The van der Waals surface area contributed by atoms with Gasteiger partial charge in [0.2, 0.25) is 5.91 Å². The fourth-order valence-electron chi connectivity index (χ4n) is 1.94. The number of benzene rings is 1. The molecule has 0 aromatic heterocycles. The van der Waals surface area contributed by atoms with E-state index in [1.165, 1.54) is 12.8 Å². The Balaban J connectivity index is 2.00.